The van der Waals surface area contributed by atoms with Gasteiger partial charge in [0.05, 0.1) is 29.3 Å². The number of hydrogen-bond acceptors (Lipinski definition) is 15. The minimum atomic E-state index is -1.01. The van der Waals surface area contributed by atoms with Gasteiger partial charge in [0, 0.05) is 100 Å². The van der Waals surface area contributed by atoms with E-state index in [1.54, 1.807) is 33.4 Å². The van der Waals surface area contributed by atoms with Gasteiger partial charge in [-0.3, -0.25) is 9.59 Å². The van der Waals surface area contributed by atoms with Crippen molar-refractivity contribution in [3.8, 4) is 23.0 Å². The molecule has 4 aromatic carbocycles. The molecule has 0 saturated carbocycles. The number of nitrogens with zero attached hydrogens (tertiary/aromatic N) is 6. The van der Waals surface area contributed by atoms with Crippen molar-refractivity contribution >= 4 is 45.9 Å². The second kappa shape index (κ2) is 26.4. The summed E-state index contributed by atoms with van der Waals surface area (Å²) in [4.78, 5) is 85.0. The predicted octanol–water partition coefficient (Wildman–Crippen LogP) is 9.45. The molecule has 0 aliphatic carbocycles. The highest BCUT2D eigenvalue weighted by molar-refractivity contribution is 6.04. The number of esters is 1. The number of carboxylic acids is 1. The number of carbonyl (C=O) groups is 4. The van der Waals surface area contributed by atoms with Gasteiger partial charge in [-0.05, 0) is 164 Å². The molecule has 0 unspecified atom stereocenters. The number of ether oxygens (including phenoxy) is 7. The first-order valence-corrected chi connectivity index (χ1v) is 29.3. The molecule has 4 aliphatic heterocycles. The van der Waals surface area contributed by atoms with Gasteiger partial charge in [-0.2, -0.15) is 0 Å². The van der Waals surface area contributed by atoms with E-state index < -0.39 is 23.1 Å². The number of methoxy groups -OCH3 is 1. The van der Waals surface area contributed by atoms with Gasteiger partial charge in [-0.25, -0.2) is 19.2 Å². The maximum atomic E-state index is 13.4. The molecule has 2 saturated heterocycles. The number of amides is 2. The van der Waals surface area contributed by atoms with E-state index in [1.807, 2.05) is 114 Å². The molecule has 0 bridgehead atoms. The minimum Gasteiger partial charge on any atom is -0.486 e. The topological polar surface area (TPSA) is 210 Å². The van der Waals surface area contributed by atoms with Crippen molar-refractivity contribution in [3.63, 3.8) is 0 Å². The van der Waals surface area contributed by atoms with Crippen molar-refractivity contribution in [2.24, 2.45) is 0 Å². The van der Waals surface area contributed by atoms with E-state index in [-0.39, 0.29) is 41.0 Å². The number of benzene rings is 4. The van der Waals surface area contributed by atoms with E-state index in [0.717, 1.165) is 79.6 Å². The third kappa shape index (κ3) is 15.4. The average Bonchev–Trinajstić information content (AvgIpc) is 1.64. The summed E-state index contributed by atoms with van der Waals surface area (Å²) in [5.41, 5.74) is 4.07. The van der Waals surface area contributed by atoms with E-state index in [4.69, 9.17) is 33.2 Å². The third-order valence-corrected chi connectivity index (χ3v) is 15.6. The lowest BCUT2D eigenvalue weighted by molar-refractivity contribution is 0.00468. The zero-order chi connectivity index (χ0) is 60.7. The number of fused-ring (bicyclic) bond motifs is 4. The molecule has 20 nitrogen and oxygen atoms in total. The number of likely N-dealkylation sites (tertiary alicyclic amines) is 2. The number of pyridine rings is 2. The van der Waals surface area contributed by atoms with Crippen LogP contribution in [0.5, 0.6) is 23.0 Å². The van der Waals surface area contributed by atoms with Crippen molar-refractivity contribution in [1.82, 2.24) is 28.7 Å². The molecule has 2 amide bonds. The van der Waals surface area contributed by atoms with Crippen LogP contribution in [0, 0.1) is 13.8 Å². The second-order valence-electron chi connectivity index (χ2n) is 24.3. The van der Waals surface area contributed by atoms with Crippen LogP contribution in [-0.2, 0) is 40.4 Å². The number of aromatic carboxylic acids is 1. The number of rotatable bonds is 14. The summed E-state index contributed by atoms with van der Waals surface area (Å²) < 4.78 is 42.8. The van der Waals surface area contributed by atoms with Crippen molar-refractivity contribution < 1.29 is 57.4 Å². The lowest BCUT2D eigenvalue weighted by Gasteiger charge is -2.39. The van der Waals surface area contributed by atoms with Crippen molar-refractivity contribution in [1.29, 1.82) is 0 Å². The molecule has 2 aromatic heterocycles. The lowest BCUT2D eigenvalue weighted by atomic mass is 10.0. The van der Waals surface area contributed by atoms with Gasteiger partial charge >= 0.3 is 24.1 Å². The van der Waals surface area contributed by atoms with Crippen molar-refractivity contribution in [3.05, 3.63) is 139 Å². The Morgan fingerprint density at radius 1 is 0.529 bits per heavy atom. The molecule has 0 spiro atoms. The SMILES string of the molecule is COC(=O)c1cc(C)cc2c1ccc(=O)n2CCN1CCC(N(Cc2ccc3c(c2)OCCO3)C(=O)OC(C)(C)C)CC1.Cc1cc(C(=O)O)c2ccc(=O)n(CCN3CCC(N(Cc4ccc5c(c4)OCCO5)C(=O)OC(C)(C)C)CC3)c2c1. The summed E-state index contributed by atoms with van der Waals surface area (Å²) in [5.74, 6) is 1.37. The Morgan fingerprint density at radius 2 is 0.918 bits per heavy atom. The van der Waals surface area contributed by atoms with Crippen LogP contribution in [-0.4, -0.2) is 154 Å². The molecule has 6 aromatic rings. The van der Waals surface area contributed by atoms with E-state index in [2.05, 4.69) is 9.80 Å². The normalized spacial score (nSPS) is 15.8. The van der Waals surface area contributed by atoms with Crippen molar-refractivity contribution in [2.75, 3.05) is 72.8 Å². The van der Waals surface area contributed by atoms with Crippen molar-refractivity contribution in [2.45, 2.75) is 131 Å². The summed E-state index contributed by atoms with van der Waals surface area (Å²) in [6, 6.07) is 25.0. The summed E-state index contributed by atoms with van der Waals surface area (Å²) in [5, 5.41) is 10.9. The van der Waals surface area contributed by atoms with Crippen LogP contribution in [0.3, 0.4) is 0 Å². The summed E-state index contributed by atoms with van der Waals surface area (Å²) in [6.45, 7) is 23.1. The number of aryl methyl sites for hydroxylation is 2. The Labute approximate surface area is 495 Å². The number of carbonyl (C=O) groups excluding carboxylic acids is 3. The lowest BCUT2D eigenvalue weighted by Crippen LogP contribution is -2.49. The van der Waals surface area contributed by atoms with Gasteiger partial charge < -0.3 is 67.0 Å². The fourth-order valence-corrected chi connectivity index (χ4v) is 11.5. The molecular formula is C65H80N6O14. The van der Waals surface area contributed by atoms with Gasteiger partial charge in [0.25, 0.3) is 11.1 Å². The zero-order valence-corrected chi connectivity index (χ0v) is 50.4. The van der Waals surface area contributed by atoms with Crippen LogP contribution < -0.4 is 30.1 Å². The fraction of sp³-hybridized carbons (Fsp3) is 0.477. The molecular weight excluding hydrogens is 1090 g/mol. The van der Waals surface area contributed by atoms with Crippen LogP contribution in [0.2, 0.25) is 0 Å². The molecule has 0 atom stereocenters. The van der Waals surface area contributed by atoms with Gasteiger partial charge in [-0.15, -0.1) is 0 Å². The van der Waals surface area contributed by atoms with Gasteiger partial charge in [0.2, 0.25) is 0 Å². The van der Waals surface area contributed by atoms with E-state index in [0.29, 0.717) is 111 Å². The first kappa shape index (κ1) is 61.5. The molecule has 20 heteroatoms. The Bertz CT molecular complexity index is 3550. The summed E-state index contributed by atoms with van der Waals surface area (Å²) in [6.07, 6.45) is 2.40. The number of piperidine rings is 2. The molecule has 454 valence electrons. The minimum absolute atomic E-state index is 0.00448. The summed E-state index contributed by atoms with van der Waals surface area (Å²) >= 11 is 0. The Morgan fingerprint density at radius 3 is 1.31 bits per heavy atom. The van der Waals surface area contributed by atoms with Gasteiger partial charge in [0.15, 0.2) is 23.0 Å². The fourth-order valence-electron chi connectivity index (χ4n) is 11.5. The molecule has 4 aliphatic rings. The highest BCUT2D eigenvalue weighted by atomic mass is 16.6. The smallest absolute Gasteiger partial charge is 0.410 e. The van der Waals surface area contributed by atoms with Gasteiger partial charge in [0.1, 0.15) is 37.6 Å². The van der Waals surface area contributed by atoms with Crippen LogP contribution in [0.1, 0.15) is 110 Å². The van der Waals surface area contributed by atoms with Crippen LogP contribution in [0.25, 0.3) is 21.8 Å². The molecule has 0 radical (unpaired) electrons. The maximum Gasteiger partial charge on any atom is 0.410 e. The molecule has 1 N–H and O–H groups in total. The number of hydrogen-bond donors (Lipinski definition) is 1. The highest BCUT2D eigenvalue weighted by Crippen LogP contribution is 2.34. The van der Waals surface area contributed by atoms with E-state index >= 15 is 0 Å². The molecule has 85 heavy (non-hydrogen) atoms. The average molecular weight is 1170 g/mol. The van der Waals surface area contributed by atoms with Gasteiger partial charge in [-0.1, -0.05) is 12.1 Å². The van der Waals surface area contributed by atoms with E-state index in [9.17, 15) is 33.9 Å². The first-order valence-electron chi connectivity index (χ1n) is 29.3. The summed E-state index contributed by atoms with van der Waals surface area (Å²) in [7, 11) is 1.36. The van der Waals surface area contributed by atoms with Crippen LogP contribution in [0.4, 0.5) is 9.59 Å². The largest absolute Gasteiger partial charge is 0.486 e. The molecule has 6 heterocycles. The third-order valence-electron chi connectivity index (χ3n) is 15.6. The van der Waals surface area contributed by atoms with E-state index in [1.165, 1.54) is 19.2 Å². The Kier molecular flexibility index (Phi) is 19.1. The van der Waals surface area contributed by atoms with Crippen LogP contribution in [0.15, 0.2) is 94.5 Å². The monoisotopic (exact) mass is 1170 g/mol. The highest BCUT2D eigenvalue weighted by Gasteiger charge is 2.34. The molecule has 10 rings (SSSR count). The standard InChI is InChI=1S/C33H41N3O7.C32H39N3O7/c1-22-18-26(31(38)40-5)25-7-9-30(37)35(27(25)19-22)15-14-34-12-10-24(11-13-34)36(32(39)43-33(2,3)4)21-23-6-8-28-29(20-23)42-17-16-41-28;1-21-17-25(30(37)38)24-6-8-29(36)34(26(24)18-21)14-13-33-11-9-23(10-12-33)35(31(39)42-32(2,3)4)20-22-5-7-27-28(19-22)41-16-15-40-27/h6-9,18-20,24H,10-17,21H2,1-5H3;5-8,17-19,23H,9-16,20H2,1-4H3,(H,37,38). The van der Waals surface area contributed by atoms with Crippen LogP contribution >= 0.6 is 0 Å². The second-order valence-corrected chi connectivity index (χ2v) is 24.3. The Hall–Kier alpha value is -8.10. The number of aromatic nitrogens is 2. The Balaban J connectivity index is 0.000000204. The molecule has 2 fully saturated rings. The maximum absolute atomic E-state index is 13.4. The zero-order valence-electron chi connectivity index (χ0n) is 50.4. The predicted molar refractivity (Wildman–Crippen MR) is 322 cm³/mol. The number of carboxylic acid groups (broad SMARTS) is 1. The first-order chi connectivity index (χ1) is 40.5. The quantitative estimate of drug-likeness (QED) is 0.0795.